The number of nitrogens with one attached hydrogen (secondary N) is 1. The van der Waals surface area contributed by atoms with Crippen LogP contribution in [0.25, 0.3) is 11.2 Å². The summed E-state index contributed by atoms with van der Waals surface area (Å²) >= 11 is 0. The van der Waals surface area contributed by atoms with Gasteiger partial charge in [0.05, 0.1) is 12.2 Å². The third kappa shape index (κ3) is 2.86. The normalized spacial score (nSPS) is 24.9. The fraction of sp³-hybridized carbons (Fsp3) is 0.667. The van der Waals surface area contributed by atoms with E-state index < -0.39 is 35.8 Å². The predicted octanol–water partition coefficient (Wildman–Crippen LogP) is -0.702. The highest BCUT2D eigenvalue weighted by molar-refractivity contribution is 5.71. The van der Waals surface area contributed by atoms with E-state index in [0.29, 0.717) is 19.4 Å². The molecule has 0 spiro atoms. The van der Waals surface area contributed by atoms with E-state index in [9.17, 15) is 19.8 Å². The van der Waals surface area contributed by atoms with Crippen molar-refractivity contribution in [3.63, 3.8) is 0 Å². The molecule has 5 N–H and O–H groups in total. The lowest BCUT2D eigenvalue weighted by Crippen LogP contribution is -2.32. The quantitative estimate of drug-likeness (QED) is 0.555. The van der Waals surface area contributed by atoms with E-state index in [-0.39, 0.29) is 23.5 Å². The molecule has 25 heavy (non-hydrogen) atoms. The van der Waals surface area contributed by atoms with Gasteiger partial charge in [-0.2, -0.15) is 4.98 Å². The van der Waals surface area contributed by atoms with E-state index in [2.05, 4.69) is 9.97 Å². The molecule has 1 saturated heterocycles. The molecular formula is C15H23N5O5. The number of anilines is 1. The van der Waals surface area contributed by atoms with Gasteiger partial charge >= 0.3 is 5.69 Å². The number of aromatic nitrogens is 4. The Kier molecular flexibility index (Phi) is 4.67. The molecule has 3 heterocycles. The van der Waals surface area contributed by atoms with Gasteiger partial charge in [-0.05, 0) is 12.8 Å². The Bertz CT molecular complexity index is 885. The van der Waals surface area contributed by atoms with Gasteiger partial charge in [0.2, 0.25) is 5.95 Å². The Labute approximate surface area is 142 Å². The second kappa shape index (κ2) is 6.62. The van der Waals surface area contributed by atoms with E-state index in [4.69, 9.17) is 10.5 Å². The zero-order valence-electron chi connectivity index (χ0n) is 14.2. The number of nitrogens with two attached hydrogens (primary N) is 1. The number of hydrogen-bond donors (Lipinski definition) is 4. The molecule has 10 heteroatoms. The second-order valence-corrected chi connectivity index (χ2v) is 6.27. The molecule has 1 fully saturated rings. The Hall–Kier alpha value is -2.17. The highest BCUT2D eigenvalue weighted by atomic mass is 16.5. The first-order chi connectivity index (χ1) is 11.9. The van der Waals surface area contributed by atoms with E-state index in [1.165, 1.54) is 4.57 Å². The molecule has 0 saturated carbocycles. The number of H-pyrrole nitrogens is 1. The highest BCUT2D eigenvalue weighted by Crippen LogP contribution is 2.32. The Morgan fingerprint density at radius 2 is 2.16 bits per heavy atom. The minimum atomic E-state index is -1.03. The molecule has 0 unspecified atom stereocenters. The first-order valence-electron chi connectivity index (χ1n) is 8.41. The lowest BCUT2D eigenvalue weighted by molar-refractivity contribution is -0.0760. The average molecular weight is 353 g/mol. The number of aryl methyl sites for hydroxylation is 1. The molecule has 1 aliphatic heterocycles. The van der Waals surface area contributed by atoms with Gasteiger partial charge < -0.3 is 20.7 Å². The minimum Gasteiger partial charge on any atom is -0.390 e. The van der Waals surface area contributed by atoms with Crippen molar-refractivity contribution in [1.82, 2.24) is 19.1 Å². The maximum atomic E-state index is 12.9. The number of rotatable bonds is 5. The van der Waals surface area contributed by atoms with Crippen molar-refractivity contribution in [2.24, 2.45) is 0 Å². The van der Waals surface area contributed by atoms with E-state index >= 15 is 0 Å². The molecule has 2 aromatic rings. The van der Waals surface area contributed by atoms with Crippen LogP contribution in [-0.4, -0.2) is 47.6 Å². The summed E-state index contributed by atoms with van der Waals surface area (Å²) in [5.74, 6) is -0.127. The summed E-state index contributed by atoms with van der Waals surface area (Å²) in [6.45, 7) is 4.00. The van der Waals surface area contributed by atoms with Gasteiger partial charge in [-0.15, -0.1) is 0 Å². The van der Waals surface area contributed by atoms with Crippen LogP contribution in [-0.2, 0) is 11.3 Å². The number of nitrogens with zero attached hydrogens (tertiary/aromatic N) is 3. The third-order valence-corrected chi connectivity index (χ3v) is 4.50. The van der Waals surface area contributed by atoms with Crippen molar-refractivity contribution in [2.45, 2.75) is 64.2 Å². The van der Waals surface area contributed by atoms with Crippen LogP contribution in [0.4, 0.5) is 5.95 Å². The highest BCUT2D eigenvalue weighted by Gasteiger charge is 2.40. The molecule has 0 bridgehead atoms. The van der Waals surface area contributed by atoms with E-state index in [0.717, 1.165) is 4.57 Å². The molecule has 10 nitrogen and oxygen atoms in total. The van der Waals surface area contributed by atoms with Crippen LogP contribution in [0.3, 0.4) is 0 Å². The van der Waals surface area contributed by atoms with Gasteiger partial charge in [0.1, 0.15) is 6.10 Å². The largest absolute Gasteiger partial charge is 0.390 e. The zero-order chi connectivity index (χ0) is 18.3. The van der Waals surface area contributed by atoms with E-state index in [1.54, 1.807) is 6.92 Å². The van der Waals surface area contributed by atoms with Gasteiger partial charge in [0.15, 0.2) is 17.4 Å². The van der Waals surface area contributed by atoms with Crippen LogP contribution in [0.2, 0.25) is 0 Å². The maximum absolute atomic E-state index is 12.9. The molecule has 0 amide bonds. The standard InChI is InChI=1S/C15H23N5O5/c1-3-5-19-10-11(17-14(16)18-12(10)23)20(15(19)24)13-8(22)6-9(25-13)7(21)4-2/h7-9,13,21-22H,3-6H2,1-2H3,(H3,16,17,18,23)/t7-,8+,9-,13+/m0/s1. The summed E-state index contributed by atoms with van der Waals surface area (Å²) < 4.78 is 8.19. The lowest BCUT2D eigenvalue weighted by Gasteiger charge is -2.18. The lowest BCUT2D eigenvalue weighted by atomic mass is 10.1. The van der Waals surface area contributed by atoms with Gasteiger partial charge in [0, 0.05) is 13.0 Å². The van der Waals surface area contributed by atoms with Crippen LogP contribution in [0.1, 0.15) is 39.3 Å². The third-order valence-electron chi connectivity index (χ3n) is 4.50. The average Bonchev–Trinajstić information content (AvgIpc) is 3.05. The van der Waals surface area contributed by atoms with Crippen molar-refractivity contribution in [1.29, 1.82) is 0 Å². The summed E-state index contributed by atoms with van der Waals surface area (Å²) in [4.78, 5) is 31.6. The summed E-state index contributed by atoms with van der Waals surface area (Å²) in [6.07, 6.45) is -2.11. The Morgan fingerprint density at radius 1 is 1.44 bits per heavy atom. The molecule has 4 atom stereocenters. The van der Waals surface area contributed by atoms with Gasteiger partial charge in [-0.3, -0.25) is 14.3 Å². The van der Waals surface area contributed by atoms with Gasteiger partial charge in [-0.25, -0.2) is 9.36 Å². The summed E-state index contributed by atoms with van der Waals surface area (Å²) in [5, 5.41) is 20.3. The molecule has 0 radical (unpaired) electrons. The molecule has 3 rings (SSSR count). The SMILES string of the molecule is CCCn1c(=O)n([C@@H]2O[C@H]([C@@H](O)CC)C[C@H]2O)c2nc(N)[nH]c(=O)c21. The van der Waals surface area contributed by atoms with Crippen molar-refractivity contribution < 1.29 is 14.9 Å². The van der Waals surface area contributed by atoms with Crippen LogP contribution in [0, 0.1) is 0 Å². The number of aromatic amines is 1. The fourth-order valence-corrected chi connectivity index (χ4v) is 3.28. The number of nitrogen functional groups attached to an aromatic ring is 1. The number of imidazole rings is 1. The smallest absolute Gasteiger partial charge is 0.332 e. The van der Waals surface area contributed by atoms with Gasteiger partial charge in [0.25, 0.3) is 5.56 Å². The van der Waals surface area contributed by atoms with Crippen molar-refractivity contribution in [2.75, 3.05) is 5.73 Å². The molecule has 0 aliphatic carbocycles. The number of aliphatic hydroxyl groups excluding tert-OH is 2. The van der Waals surface area contributed by atoms with Crippen molar-refractivity contribution >= 4 is 17.1 Å². The van der Waals surface area contributed by atoms with E-state index in [1.807, 2.05) is 6.92 Å². The van der Waals surface area contributed by atoms with Crippen LogP contribution < -0.4 is 17.0 Å². The van der Waals surface area contributed by atoms with Crippen LogP contribution in [0.15, 0.2) is 9.59 Å². The Balaban J connectivity index is 2.18. The topological polar surface area (TPSA) is 148 Å². The van der Waals surface area contributed by atoms with Crippen molar-refractivity contribution in [3.8, 4) is 0 Å². The maximum Gasteiger partial charge on any atom is 0.332 e. The first-order valence-corrected chi connectivity index (χ1v) is 8.41. The molecular weight excluding hydrogens is 330 g/mol. The Morgan fingerprint density at radius 3 is 2.80 bits per heavy atom. The summed E-state index contributed by atoms with van der Waals surface area (Å²) in [6, 6.07) is 0. The monoisotopic (exact) mass is 353 g/mol. The second-order valence-electron chi connectivity index (χ2n) is 6.27. The minimum absolute atomic E-state index is 0.0652. The number of fused-ring (bicyclic) bond motifs is 1. The van der Waals surface area contributed by atoms with Crippen molar-refractivity contribution in [3.05, 3.63) is 20.8 Å². The van der Waals surface area contributed by atoms with Crippen LogP contribution in [0.5, 0.6) is 0 Å². The summed E-state index contributed by atoms with van der Waals surface area (Å²) in [5.41, 5.74) is 4.75. The molecule has 0 aromatic carbocycles. The predicted molar refractivity (Wildman–Crippen MR) is 90.1 cm³/mol. The summed E-state index contributed by atoms with van der Waals surface area (Å²) in [7, 11) is 0. The zero-order valence-corrected chi connectivity index (χ0v) is 14.2. The fourth-order valence-electron chi connectivity index (χ4n) is 3.28. The number of hydrogen-bond acceptors (Lipinski definition) is 7. The first kappa shape index (κ1) is 17.6. The number of ether oxygens (including phenoxy) is 1. The number of aliphatic hydroxyl groups is 2. The molecule has 2 aromatic heterocycles. The van der Waals surface area contributed by atoms with Gasteiger partial charge in [-0.1, -0.05) is 13.8 Å². The molecule has 138 valence electrons. The van der Waals surface area contributed by atoms with Crippen LogP contribution >= 0.6 is 0 Å². The molecule has 1 aliphatic rings.